The molecule has 1 unspecified atom stereocenters. The van der Waals surface area contributed by atoms with Crippen LogP contribution in [-0.4, -0.2) is 47.3 Å². The normalized spacial score (nSPS) is 25.0. The second kappa shape index (κ2) is 6.03. The third kappa shape index (κ3) is 3.07. The van der Waals surface area contributed by atoms with Crippen LogP contribution in [-0.2, 0) is 18.9 Å². The third-order valence-corrected chi connectivity index (χ3v) is 2.64. The smallest absolute Gasteiger partial charge is 0.117 e. The van der Waals surface area contributed by atoms with E-state index in [1.54, 1.807) is 28.4 Å². The summed E-state index contributed by atoms with van der Waals surface area (Å²) in [7, 11) is 6.67. The Kier molecular flexibility index (Phi) is 4.99. The molecule has 0 aromatic rings. The highest BCUT2D eigenvalue weighted by atomic mass is 16.5. The molecule has 1 aliphatic rings. The van der Waals surface area contributed by atoms with Gasteiger partial charge in [0.25, 0.3) is 0 Å². The van der Waals surface area contributed by atoms with Gasteiger partial charge in [0.15, 0.2) is 0 Å². The fourth-order valence-electron chi connectivity index (χ4n) is 1.89. The second-order valence-electron chi connectivity index (χ2n) is 3.85. The lowest BCUT2D eigenvalue weighted by molar-refractivity contribution is -0.0377. The van der Waals surface area contributed by atoms with Gasteiger partial charge in [0.1, 0.15) is 5.60 Å². The highest BCUT2D eigenvalue weighted by Gasteiger charge is 2.32. The summed E-state index contributed by atoms with van der Waals surface area (Å²) in [4.78, 5) is 0. The van der Waals surface area contributed by atoms with Gasteiger partial charge in [-0.15, -0.1) is 0 Å². The quantitative estimate of drug-likeness (QED) is 0.691. The fraction of sp³-hybridized carbons (Fsp3) is 0.667. The SMILES string of the molecule is COCC1=CC(COC)(OC)CC(OC)=C1. The maximum absolute atomic E-state index is 5.55. The molecular weight excluding hydrogens is 208 g/mol. The van der Waals surface area contributed by atoms with Crippen LogP contribution >= 0.6 is 0 Å². The van der Waals surface area contributed by atoms with Crippen LogP contribution in [0.25, 0.3) is 0 Å². The molecule has 0 bridgehead atoms. The third-order valence-electron chi connectivity index (χ3n) is 2.64. The van der Waals surface area contributed by atoms with Crippen LogP contribution < -0.4 is 0 Å². The summed E-state index contributed by atoms with van der Waals surface area (Å²) in [6.45, 7) is 1.04. The van der Waals surface area contributed by atoms with E-state index >= 15 is 0 Å². The molecule has 16 heavy (non-hydrogen) atoms. The molecule has 0 saturated carbocycles. The molecule has 0 N–H and O–H groups in total. The van der Waals surface area contributed by atoms with Crippen molar-refractivity contribution in [2.75, 3.05) is 41.7 Å². The van der Waals surface area contributed by atoms with Crippen LogP contribution in [0.5, 0.6) is 0 Å². The molecule has 4 heteroatoms. The first-order valence-electron chi connectivity index (χ1n) is 5.19. The largest absolute Gasteiger partial charge is 0.501 e. The van der Waals surface area contributed by atoms with Crippen molar-refractivity contribution in [3.8, 4) is 0 Å². The lowest BCUT2D eigenvalue weighted by Gasteiger charge is -2.32. The summed E-state index contributed by atoms with van der Waals surface area (Å²) < 4.78 is 21.2. The molecule has 0 amide bonds. The molecule has 0 radical (unpaired) electrons. The average Bonchev–Trinajstić information content (AvgIpc) is 2.29. The van der Waals surface area contributed by atoms with Gasteiger partial charge in [-0.3, -0.25) is 0 Å². The topological polar surface area (TPSA) is 36.9 Å². The summed E-state index contributed by atoms with van der Waals surface area (Å²) in [5.74, 6) is 0.883. The zero-order valence-electron chi connectivity index (χ0n) is 10.4. The van der Waals surface area contributed by atoms with E-state index in [9.17, 15) is 0 Å². The highest BCUT2D eigenvalue weighted by molar-refractivity contribution is 5.32. The van der Waals surface area contributed by atoms with Crippen molar-refractivity contribution in [2.24, 2.45) is 0 Å². The van der Waals surface area contributed by atoms with Gasteiger partial charge in [-0.1, -0.05) is 0 Å². The minimum atomic E-state index is -0.442. The molecule has 1 rings (SSSR count). The van der Waals surface area contributed by atoms with Gasteiger partial charge in [-0.05, 0) is 17.7 Å². The first-order chi connectivity index (χ1) is 7.69. The number of ether oxygens (including phenoxy) is 4. The number of hydrogen-bond donors (Lipinski definition) is 0. The molecular formula is C12H20O4. The van der Waals surface area contributed by atoms with Crippen LogP contribution in [0.2, 0.25) is 0 Å². The minimum Gasteiger partial charge on any atom is -0.501 e. The van der Waals surface area contributed by atoms with Gasteiger partial charge in [0, 0.05) is 27.8 Å². The molecule has 0 aromatic carbocycles. The Bertz CT molecular complexity index is 283. The van der Waals surface area contributed by atoms with E-state index < -0.39 is 5.60 Å². The van der Waals surface area contributed by atoms with Gasteiger partial charge >= 0.3 is 0 Å². The van der Waals surface area contributed by atoms with E-state index in [1.165, 1.54) is 0 Å². The van der Waals surface area contributed by atoms with Crippen molar-refractivity contribution in [3.05, 3.63) is 23.5 Å². The molecule has 0 aliphatic heterocycles. The van der Waals surface area contributed by atoms with E-state index in [1.807, 2.05) is 12.2 Å². The van der Waals surface area contributed by atoms with Crippen molar-refractivity contribution in [3.63, 3.8) is 0 Å². The highest BCUT2D eigenvalue weighted by Crippen LogP contribution is 2.30. The zero-order valence-corrected chi connectivity index (χ0v) is 10.4. The van der Waals surface area contributed by atoms with Crippen LogP contribution in [0.1, 0.15) is 6.42 Å². The van der Waals surface area contributed by atoms with Gasteiger partial charge < -0.3 is 18.9 Å². The first-order valence-corrected chi connectivity index (χ1v) is 5.19. The minimum absolute atomic E-state index is 0.442. The van der Waals surface area contributed by atoms with Gasteiger partial charge in [-0.25, -0.2) is 0 Å². The summed E-state index contributed by atoms with van der Waals surface area (Å²) in [6.07, 6.45) is 4.71. The van der Waals surface area contributed by atoms with Crippen LogP contribution in [0.4, 0.5) is 0 Å². The first kappa shape index (κ1) is 13.2. The van der Waals surface area contributed by atoms with Crippen LogP contribution in [0.15, 0.2) is 23.5 Å². The number of methoxy groups -OCH3 is 4. The van der Waals surface area contributed by atoms with Crippen molar-refractivity contribution in [1.82, 2.24) is 0 Å². The zero-order chi connectivity index (χ0) is 12.0. The molecule has 0 heterocycles. The molecule has 0 spiro atoms. The Morgan fingerprint density at radius 1 is 1.19 bits per heavy atom. The predicted octanol–water partition coefficient (Wildman–Crippen LogP) is 1.52. The second-order valence-corrected chi connectivity index (χ2v) is 3.85. The summed E-state index contributed by atoms with van der Waals surface area (Å²) in [6, 6.07) is 0. The van der Waals surface area contributed by atoms with E-state index in [0.29, 0.717) is 19.6 Å². The average molecular weight is 228 g/mol. The van der Waals surface area contributed by atoms with Crippen molar-refractivity contribution < 1.29 is 18.9 Å². The molecule has 0 fully saturated rings. The fourth-order valence-corrected chi connectivity index (χ4v) is 1.89. The molecule has 1 atom stereocenters. The van der Waals surface area contributed by atoms with Gasteiger partial charge in [-0.2, -0.15) is 0 Å². The lowest BCUT2D eigenvalue weighted by atomic mass is 9.91. The van der Waals surface area contributed by atoms with E-state index in [-0.39, 0.29) is 0 Å². The van der Waals surface area contributed by atoms with Crippen LogP contribution in [0, 0.1) is 0 Å². The molecule has 92 valence electrons. The van der Waals surface area contributed by atoms with Gasteiger partial charge in [0.2, 0.25) is 0 Å². The molecule has 1 aliphatic carbocycles. The Morgan fingerprint density at radius 3 is 2.44 bits per heavy atom. The van der Waals surface area contributed by atoms with Crippen molar-refractivity contribution in [1.29, 1.82) is 0 Å². The predicted molar refractivity (Wildman–Crippen MR) is 61.3 cm³/mol. The number of rotatable bonds is 6. The number of hydrogen-bond acceptors (Lipinski definition) is 4. The summed E-state index contributed by atoms with van der Waals surface area (Å²) >= 11 is 0. The van der Waals surface area contributed by atoms with E-state index in [4.69, 9.17) is 18.9 Å². The maximum atomic E-state index is 5.55. The van der Waals surface area contributed by atoms with E-state index in [0.717, 1.165) is 11.3 Å². The monoisotopic (exact) mass is 228 g/mol. The Labute approximate surface area is 96.8 Å². The Balaban J connectivity index is 2.91. The molecule has 0 saturated heterocycles. The summed E-state index contributed by atoms with van der Waals surface area (Å²) in [5, 5.41) is 0. The van der Waals surface area contributed by atoms with Gasteiger partial charge in [0.05, 0.1) is 26.1 Å². The molecule has 0 aromatic heterocycles. The van der Waals surface area contributed by atoms with Crippen LogP contribution in [0.3, 0.4) is 0 Å². The van der Waals surface area contributed by atoms with Crippen molar-refractivity contribution >= 4 is 0 Å². The summed E-state index contributed by atoms with van der Waals surface area (Å²) in [5.41, 5.74) is 0.604. The standard InChI is InChI=1S/C12H20O4/c1-13-8-10-5-11(15-3)7-12(6-10,16-4)9-14-2/h5-6H,7-9H2,1-4H3. The Morgan fingerprint density at radius 2 is 1.94 bits per heavy atom. The van der Waals surface area contributed by atoms with Crippen molar-refractivity contribution in [2.45, 2.75) is 12.0 Å². The molecule has 4 nitrogen and oxygen atoms in total. The van der Waals surface area contributed by atoms with E-state index in [2.05, 4.69) is 0 Å². The lowest BCUT2D eigenvalue weighted by Crippen LogP contribution is -2.37. The maximum Gasteiger partial charge on any atom is 0.117 e. The Hall–Kier alpha value is -0.840.